The number of carbonyl (C=O) groups is 1. The van der Waals surface area contributed by atoms with Crippen molar-refractivity contribution in [3.63, 3.8) is 0 Å². The fourth-order valence-corrected chi connectivity index (χ4v) is 3.83. The molecule has 0 radical (unpaired) electrons. The van der Waals surface area contributed by atoms with Crippen molar-refractivity contribution >= 4 is 22.4 Å². The Morgan fingerprint density at radius 1 is 1.14 bits per heavy atom. The Morgan fingerprint density at radius 3 is 2.75 bits per heavy atom. The highest BCUT2D eigenvalue weighted by Gasteiger charge is 2.20. The second-order valence-electron chi connectivity index (χ2n) is 7.02. The number of ether oxygens (including phenoxy) is 2. The average molecular weight is 376 g/mol. The lowest BCUT2D eigenvalue weighted by atomic mass is 9.93. The van der Waals surface area contributed by atoms with Gasteiger partial charge in [-0.15, -0.1) is 0 Å². The summed E-state index contributed by atoms with van der Waals surface area (Å²) in [5.74, 6) is 1.59. The van der Waals surface area contributed by atoms with Crippen molar-refractivity contribution in [1.29, 1.82) is 0 Å². The van der Waals surface area contributed by atoms with E-state index in [9.17, 15) is 4.79 Å². The largest absolute Gasteiger partial charge is 0.493 e. The predicted molar refractivity (Wildman–Crippen MR) is 111 cm³/mol. The Balaban J connectivity index is 1.47. The van der Waals surface area contributed by atoms with Gasteiger partial charge in [-0.3, -0.25) is 9.79 Å². The fraction of sp³-hybridized carbons (Fsp3) is 0.304. The van der Waals surface area contributed by atoms with E-state index < -0.39 is 0 Å². The van der Waals surface area contributed by atoms with E-state index in [4.69, 9.17) is 9.47 Å². The first-order chi connectivity index (χ1) is 13.7. The van der Waals surface area contributed by atoms with Crippen LogP contribution in [0.2, 0.25) is 0 Å². The van der Waals surface area contributed by atoms with Crippen molar-refractivity contribution in [2.75, 3.05) is 20.8 Å². The number of para-hydroxylation sites is 1. The molecule has 1 N–H and O–H groups in total. The van der Waals surface area contributed by atoms with E-state index in [-0.39, 0.29) is 5.78 Å². The van der Waals surface area contributed by atoms with E-state index in [2.05, 4.69) is 22.1 Å². The normalized spacial score (nSPS) is 13.1. The number of hydrogen-bond acceptors (Lipinski definition) is 4. The van der Waals surface area contributed by atoms with Gasteiger partial charge in [0.05, 0.1) is 14.2 Å². The second-order valence-corrected chi connectivity index (χ2v) is 7.02. The lowest BCUT2D eigenvalue weighted by Crippen LogP contribution is -2.17. The van der Waals surface area contributed by atoms with Crippen LogP contribution in [-0.4, -0.2) is 37.2 Å². The monoisotopic (exact) mass is 376 g/mol. The van der Waals surface area contributed by atoms with E-state index >= 15 is 0 Å². The van der Waals surface area contributed by atoms with Crippen molar-refractivity contribution < 1.29 is 14.3 Å². The van der Waals surface area contributed by atoms with E-state index in [1.54, 1.807) is 14.2 Å². The minimum absolute atomic E-state index is 0.201. The summed E-state index contributed by atoms with van der Waals surface area (Å²) < 4.78 is 10.8. The van der Waals surface area contributed by atoms with Crippen LogP contribution in [0, 0.1) is 0 Å². The number of carbonyl (C=O) groups excluding carboxylic acids is 1. The maximum absolute atomic E-state index is 12.7. The summed E-state index contributed by atoms with van der Waals surface area (Å²) in [5, 5.41) is 1.19. The Hall–Kier alpha value is -3.08. The number of aromatic nitrogens is 1. The second kappa shape index (κ2) is 7.89. The number of methoxy groups -OCH3 is 2. The number of H-pyrrole nitrogens is 1. The van der Waals surface area contributed by atoms with Crippen LogP contribution in [0.25, 0.3) is 10.9 Å². The lowest BCUT2D eigenvalue weighted by Gasteiger charge is -2.19. The lowest BCUT2D eigenvalue weighted by molar-refractivity contribution is -0.117. The molecule has 0 saturated heterocycles. The van der Waals surface area contributed by atoms with E-state index in [0.717, 1.165) is 35.2 Å². The number of aromatic amines is 1. The summed E-state index contributed by atoms with van der Waals surface area (Å²) in [6, 6.07) is 12.1. The summed E-state index contributed by atoms with van der Waals surface area (Å²) >= 11 is 0. The molecule has 0 atom stereocenters. The Kier molecular flexibility index (Phi) is 5.15. The van der Waals surface area contributed by atoms with E-state index in [1.807, 2.05) is 30.5 Å². The summed E-state index contributed by atoms with van der Waals surface area (Å²) in [4.78, 5) is 20.6. The number of nitrogens with one attached hydrogen (secondary N) is 1. The molecule has 28 heavy (non-hydrogen) atoms. The number of fused-ring (bicyclic) bond motifs is 2. The molecule has 2 heterocycles. The first-order valence-electron chi connectivity index (χ1n) is 9.55. The van der Waals surface area contributed by atoms with Gasteiger partial charge in [-0.1, -0.05) is 18.2 Å². The third-order valence-corrected chi connectivity index (χ3v) is 5.32. The zero-order chi connectivity index (χ0) is 19.5. The van der Waals surface area contributed by atoms with Crippen molar-refractivity contribution in [3.8, 4) is 11.5 Å². The molecule has 3 aromatic rings. The van der Waals surface area contributed by atoms with Crippen LogP contribution in [0.15, 0.2) is 47.6 Å². The number of Topliss-reactive ketones (excluding diaryl/α,β-unsaturated/α-hetero) is 1. The maximum Gasteiger partial charge on any atom is 0.161 e. The fourth-order valence-electron chi connectivity index (χ4n) is 3.83. The summed E-state index contributed by atoms with van der Waals surface area (Å²) in [5.41, 5.74) is 5.31. The van der Waals surface area contributed by atoms with Crippen molar-refractivity contribution in [1.82, 2.24) is 4.98 Å². The van der Waals surface area contributed by atoms with Gasteiger partial charge >= 0.3 is 0 Å². The molecule has 2 aromatic carbocycles. The standard InChI is InChI=1S/C23H24N2O3/c1-27-22-11-15-9-10-24-21(19(15)13-23(22)28-2)12-17(26)8-7-16-14-25-20-6-4-3-5-18(16)20/h3-6,11,13-14,25H,7-10,12H2,1-2H3. The molecule has 1 aliphatic heterocycles. The van der Waals surface area contributed by atoms with Crippen LogP contribution in [0.4, 0.5) is 0 Å². The van der Waals surface area contributed by atoms with Gasteiger partial charge in [-0.25, -0.2) is 0 Å². The highest BCUT2D eigenvalue weighted by Crippen LogP contribution is 2.33. The van der Waals surface area contributed by atoms with Crippen LogP contribution < -0.4 is 9.47 Å². The van der Waals surface area contributed by atoms with E-state index in [1.165, 1.54) is 10.9 Å². The molecule has 0 amide bonds. The van der Waals surface area contributed by atoms with Crippen LogP contribution in [0.5, 0.6) is 11.5 Å². The van der Waals surface area contributed by atoms with Gasteiger partial charge in [-0.2, -0.15) is 0 Å². The molecule has 1 aromatic heterocycles. The molecule has 0 bridgehead atoms. The van der Waals surface area contributed by atoms with Gasteiger partial charge < -0.3 is 14.5 Å². The molecule has 1 aliphatic rings. The molecule has 0 aliphatic carbocycles. The number of rotatable bonds is 7. The smallest absolute Gasteiger partial charge is 0.161 e. The Labute approximate surface area is 164 Å². The number of ketones is 1. The molecule has 5 nitrogen and oxygen atoms in total. The number of nitrogens with zero attached hydrogens (tertiary/aromatic N) is 1. The molecule has 0 fully saturated rings. The summed E-state index contributed by atoms with van der Waals surface area (Å²) in [6.45, 7) is 0.702. The van der Waals surface area contributed by atoms with Crippen molar-refractivity contribution in [2.45, 2.75) is 25.7 Å². The number of aliphatic imine (C=N–C) groups is 1. The quantitative estimate of drug-likeness (QED) is 0.675. The van der Waals surface area contributed by atoms with Crippen molar-refractivity contribution in [2.24, 2.45) is 4.99 Å². The first-order valence-corrected chi connectivity index (χ1v) is 9.55. The van der Waals surface area contributed by atoms with Crippen LogP contribution in [0.1, 0.15) is 29.5 Å². The number of benzene rings is 2. The minimum atomic E-state index is 0.201. The SMILES string of the molecule is COc1cc2c(cc1OC)C(CC(=O)CCc1c[nH]c3ccccc13)=NCC2. The highest BCUT2D eigenvalue weighted by molar-refractivity contribution is 6.12. The van der Waals surface area contributed by atoms with Crippen molar-refractivity contribution in [3.05, 3.63) is 59.3 Å². The first kappa shape index (κ1) is 18.3. The van der Waals surface area contributed by atoms with Gasteiger partial charge in [0.2, 0.25) is 0 Å². The minimum Gasteiger partial charge on any atom is -0.493 e. The molecule has 0 unspecified atom stereocenters. The van der Waals surface area contributed by atoms with Gasteiger partial charge in [0, 0.05) is 47.8 Å². The summed E-state index contributed by atoms with van der Waals surface area (Å²) in [7, 11) is 3.26. The zero-order valence-electron chi connectivity index (χ0n) is 16.2. The van der Waals surface area contributed by atoms with Gasteiger partial charge in [0.15, 0.2) is 11.5 Å². The molecular formula is C23H24N2O3. The molecule has 0 saturated carbocycles. The topological polar surface area (TPSA) is 63.7 Å². The molecular weight excluding hydrogens is 352 g/mol. The molecule has 5 heteroatoms. The summed E-state index contributed by atoms with van der Waals surface area (Å²) in [6.07, 6.45) is 4.44. The van der Waals surface area contributed by atoms with Crippen LogP contribution in [-0.2, 0) is 17.6 Å². The maximum atomic E-state index is 12.7. The third-order valence-electron chi connectivity index (χ3n) is 5.32. The molecule has 4 rings (SSSR count). The van der Waals surface area contributed by atoms with Gasteiger partial charge in [0.1, 0.15) is 5.78 Å². The van der Waals surface area contributed by atoms with Gasteiger partial charge in [-0.05, 0) is 42.2 Å². The number of hydrogen-bond donors (Lipinski definition) is 1. The predicted octanol–water partition coefficient (Wildman–Crippen LogP) is 4.12. The average Bonchev–Trinajstić information content (AvgIpc) is 3.14. The Morgan fingerprint density at radius 2 is 1.93 bits per heavy atom. The van der Waals surface area contributed by atoms with Crippen LogP contribution in [0.3, 0.4) is 0 Å². The van der Waals surface area contributed by atoms with E-state index in [0.29, 0.717) is 30.9 Å². The van der Waals surface area contributed by atoms with Crippen LogP contribution >= 0.6 is 0 Å². The highest BCUT2D eigenvalue weighted by atomic mass is 16.5. The molecule has 0 spiro atoms. The third kappa shape index (κ3) is 3.52. The Bertz CT molecular complexity index is 1050. The number of aryl methyl sites for hydroxylation is 1. The molecule has 144 valence electrons. The zero-order valence-corrected chi connectivity index (χ0v) is 16.2. The van der Waals surface area contributed by atoms with Gasteiger partial charge in [0.25, 0.3) is 0 Å².